The molecule has 2 amide bonds. The fourth-order valence-electron chi connectivity index (χ4n) is 3.90. The van der Waals surface area contributed by atoms with Crippen LogP contribution in [0, 0.1) is 17.7 Å². The first kappa shape index (κ1) is 25.0. The van der Waals surface area contributed by atoms with Gasteiger partial charge in [-0.3, -0.25) is 24.1 Å². The number of benzene rings is 2. The van der Waals surface area contributed by atoms with E-state index in [9.17, 15) is 23.6 Å². The predicted octanol–water partition coefficient (Wildman–Crippen LogP) is 0.782. The molecule has 1 fully saturated rings. The van der Waals surface area contributed by atoms with E-state index in [1.807, 2.05) is 0 Å². The van der Waals surface area contributed by atoms with E-state index in [0.717, 1.165) is 17.0 Å². The predicted molar refractivity (Wildman–Crippen MR) is 114 cm³/mol. The van der Waals surface area contributed by atoms with Gasteiger partial charge in [0.25, 0.3) is 0 Å². The Bertz CT molecular complexity index is 987. The van der Waals surface area contributed by atoms with Crippen LogP contribution in [-0.4, -0.2) is 65.3 Å². The van der Waals surface area contributed by atoms with Gasteiger partial charge in [0.15, 0.2) is 0 Å². The van der Waals surface area contributed by atoms with Gasteiger partial charge in [-0.2, -0.15) is 0 Å². The van der Waals surface area contributed by atoms with Crippen LogP contribution in [0.3, 0.4) is 0 Å². The first-order valence-electron chi connectivity index (χ1n) is 10.6. The van der Waals surface area contributed by atoms with E-state index < -0.39 is 73.8 Å². The third-order valence-corrected chi connectivity index (χ3v) is 5.40. The highest BCUT2D eigenvalue weighted by Crippen LogP contribution is 2.41. The van der Waals surface area contributed by atoms with Crippen molar-refractivity contribution in [3.63, 3.8) is 0 Å². The summed E-state index contributed by atoms with van der Waals surface area (Å²) in [6.45, 7) is -2.00. The zero-order valence-electron chi connectivity index (χ0n) is 18.1. The minimum absolute atomic E-state index is 0.180. The van der Waals surface area contributed by atoms with Gasteiger partial charge >= 0.3 is 11.9 Å². The summed E-state index contributed by atoms with van der Waals surface area (Å²) in [7, 11) is 0. The molecule has 1 heterocycles. The number of nitrogens with zero attached hydrogens (tertiary/aromatic N) is 1. The molecule has 1 unspecified atom stereocenters. The highest BCUT2D eigenvalue weighted by molar-refractivity contribution is 6.14. The van der Waals surface area contributed by atoms with Gasteiger partial charge in [0.1, 0.15) is 30.9 Å². The second-order valence-electron chi connectivity index (χ2n) is 7.56. The van der Waals surface area contributed by atoms with E-state index >= 15 is 0 Å². The largest absolute Gasteiger partial charge is 0.463 e. The number of hydrogen-bond acceptors (Lipinski definition) is 8. The maximum atomic E-state index is 13.6. The zero-order valence-corrected chi connectivity index (χ0v) is 18.1. The fourth-order valence-corrected chi connectivity index (χ4v) is 3.90. The summed E-state index contributed by atoms with van der Waals surface area (Å²) >= 11 is 0. The van der Waals surface area contributed by atoms with Crippen molar-refractivity contribution in [2.24, 2.45) is 11.8 Å². The molecule has 0 radical (unpaired) electrons. The number of aliphatic hydroxyl groups is 2. The van der Waals surface area contributed by atoms with Crippen molar-refractivity contribution in [3.8, 4) is 0 Å². The molecule has 1 aliphatic heterocycles. The summed E-state index contributed by atoms with van der Waals surface area (Å²) in [5.41, 5.74) is 0.758. The second-order valence-corrected chi connectivity index (χ2v) is 7.56. The van der Waals surface area contributed by atoms with Crippen molar-refractivity contribution in [3.05, 3.63) is 71.5 Å². The van der Waals surface area contributed by atoms with E-state index in [2.05, 4.69) is 0 Å². The van der Waals surface area contributed by atoms with Gasteiger partial charge in [-0.1, -0.05) is 42.5 Å². The number of hydrogen-bond donors (Lipinski definition) is 2. The average Bonchev–Trinajstić information content (AvgIpc) is 2.84. The molecule has 3 atom stereocenters. The van der Waals surface area contributed by atoms with Gasteiger partial charge in [-0.15, -0.1) is 0 Å². The van der Waals surface area contributed by atoms with E-state index in [4.69, 9.17) is 19.7 Å². The molecule has 9 nitrogen and oxygen atoms in total. The van der Waals surface area contributed by atoms with Crippen molar-refractivity contribution >= 4 is 23.8 Å². The molecule has 2 aromatic rings. The fraction of sp³-hybridized carbons (Fsp3) is 0.333. The Hall–Kier alpha value is -3.63. The summed E-state index contributed by atoms with van der Waals surface area (Å²) in [4.78, 5) is 53.6. The first-order chi connectivity index (χ1) is 16.4. The summed E-state index contributed by atoms with van der Waals surface area (Å²) in [6.07, 6.45) is 0. The van der Waals surface area contributed by atoms with Crippen LogP contribution in [0.1, 0.15) is 17.0 Å². The average molecular weight is 473 g/mol. The third-order valence-electron chi connectivity index (χ3n) is 5.40. The number of esters is 2. The maximum absolute atomic E-state index is 13.6. The molecule has 2 N–H and O–H groups in total. The molecule has 34 heavy (non-hydrogen) atoms. The molecule has 10 heteroatoms. The lowest BCUT2D eigenvalue weighted by Gasteiger charge is -2.39. The standard InChI is InChI=1S/C24H24FNO8/c25-17-8-6-16(7-9-17)18-19(23(31)33-12-10-27)21(29)26(14-15-4-2-1-3-5-15)22(30)20(18)24(32)34-13-11-28/h1-9,18-20,27-28H,10-14H2/t18?,19-,20+. The number of ether oxygens (including phenoxy) is 2. The second kappa shape index (κ2) is 11.5. The van der Waals surface area contributed by atoms with Crippen LogP contribution in [-0.2, 0) is 35.2 Å². The molecule has 1 aliphatic rings. The van der Waals surface area contributed by atoms with E-state index in [0.29, 0.717) is 5.56 Å². The van der Waals surface area contributed by atoms with Crippen LogP contribution in [0.4, 0.5) is 4.39 Å². The molecule has 180 valence electrons. The van der Waals surface area contributed by atoms with E-state index in [-0.39, 0.29) is 12.1 Å². The molecule has 0 bridgehead atoms. The lowest BCUT2D eigenvalue weighted by molar-refractivity contribution is -0.173. The van der Waals surface area contributed by atoms with Crippen LogP contribution >= 0.6 is 0 Å². The Kier molecular flexibility index (Phi) is 8.44. The number of rotatable bonds is 9. The van der Waals surface area contributed by atoms with Crippen molar-refractivity contribution < 1.29 is 43.3 Å². The van der Waals surface area contributed by atoms with Gasteiger partial charge in [0, 0.05) is 5.92 Å². The summed E-state index contributed by atoms with van der Waals surface area (Å²) in [5, 5.41) is 18.1. The number of likely N-dealkylation sites (tertiary alicyclic amines) is 1. The summed E-state index contributed by atoms with van der Waals surface area (Å²) < 4.78 is 23.6. The maximum Gasteiger partial charge on any atom is 0.319 e. The Morgan fingerprint density at radius 1 is 0.824 bits per heavy atom. The van der Waals surface area contributed by atoms with Crippen LogP contribution in [0.15, 0.2) is 54.6 Å². The lowest BCUT2D eigenvalue weighted by Crippen LogP contribution is -2.57. The lowest BCUT2D eigenvalue weighted by atomic mass is 9.72. The van der Waals surface area contributed by atoms with Gasteiger partial charge < -0.3 is 19.7 Å². The number of imide groups is 1. The topological polar surface area (TPSA) is 130 Å². The van der Waals surface area contributed by atoms with Gasteiger partial charge in [0.2, 0.25) is 11.8 Å². The molecule has 2 aromatic carbocycles. The van der Waals surface area contributed by atoms with Crippen LogP contribution < -0.4 is 0 Å². The molecular weight excluding hydrogens is 449 g/mol. The molecular formula is C24H24FNO8. The number of halogens is 1. The molecule has 0 aromatic heterocycles. The highest BCUT2D eigenvalue weighted by atomic mass is 19.1. The quantitative estimate of drug-likeness (QED) is 0.311. The highest BCUT2D eigenvalue weighted by Gasteiger charge is 2.55. The Morgan fingerprint density at radius 3 is 1.79 bits per heavy atom. The number of carbonyl (C=O) groups is 4. The normalized spacial score (nSPS) is 20.2. The van der Waals surface area contributed by atoms with Crippen molar-refractivity contribution in [2.75, 3.05) is 26.4 Å². The monoisotopic (exact) mass is 473 g/mol. The van der Waals surface area contributed by atoms with Gasteiger partial charge in [-0.25, -0.2) is 4.39 Å². The van der Waals surface area contributed by atoms with Gasteiger partial charge in [-0.05, 0) is 23.3 Å². The Morgan fingerprint density at radius 2 is 1.32 bits per heavy atom. The Balaban J connectivity index is 2.10. The smallest absolute Gasteiger partial charge is 0.319 e. The molecule has 0 spiro atoms. The minimum Gasteiger partial charge on any atom is -0.463 e. The molecule has 0 aliphatic carbocycles. The molecule has 3 rings (SSSR count). The van der Waals surface area contributed by atoms with Crippen molar-refractivity contribution in [1.29, 1.82) is 0 Å². The first-order valence-corrected chi connectivity index (χ1v) is 10.6. The molecule has 0 saturated carbocycles. The molecule has 1 saturated heterocycles. The number of carbonyl (C=O) groups excluding carboxylic acids is 4. The Labute approximate surface area is 194 Å². The third kappa shape index (κ3) is 5.46. The number of piperidine rings is 1. The SMILES string of the molecule is O=C(OCCO)[C@@H]1C(=O)N(Cc2ccccc2)C(=O)[C@H](C(=O)OCCO)C1c1ccc(F)cc1. The van der Waals surface area contributed by atoms with E-state index in [1.165, 1.54) is 12.1 Å². The van der Waals surface area contributed by atoms with Crippen LogP contribution in [0.2, 0.25) is 0 Å². The zero-order chi connectivity index (χ0) is 24.7. The minimum atomic E-state index is -1.63. The summed E-state index contributed by atoms with van der Waals surface area (Å²) in [5.74, 6) is -9.07. The van der Waals surface area contributed by atoms with Crippen molar-refractivity contribution in [1.82, 2.24) is 4.90 Å². The summed E-state index contributed by atoms with van der Waals surface area (Å²) in [6, 6.07) is 13.2. The van der Waals surface area contributed by atoms with E-state index in [1.54, 1.807) is 30.3 Å². The van der Waals surface area contributed by atoms with Gasteiger partial charge in [0.05, 0.1) is 19.8 Å². The van der Waals surface area contributed by atoms with Crippen molar-refractivity contribution in [2.45, 2.75) is 12.5 Å². The number of amides is 2. The van der Waals surface area contributed by atoms with Crippen LogP contribution in [0.5, 0.6) is 0 Å². The van der Waals surface area contributed by atoms with Crippen LogP contribution in [0.25, 0.3) is 0 Å². The number of aliphatic hydroxyl groups excluding tert-OH is 2.